The van der Waals surface area contributed by atoms with E-state index in [1.807, 2.05) is 38.1 Å². The maximum absolute atomic E-state index is 13.1. The van der Waals surface area contributed by atoms with Gasteiger partial charge in [-0.15, -0.1) is 15.3 Å². The van der Waals surface area contributed by atoms with Crippen LogP contribution in [0.4, 0.5) is 19.0 Å². The van der Waals surface area contributed by atoms with Gasteiger partial charge in [0.1, 0.15) is 11.6 Å². The monoisotopic (exact) mass is 375 g/mol. The number of imidazole rings is 1. The quantitative estimate of drug-likeness (QED) is 0.566. The summed E-state index contributed by atoms with van der Waals surface area (Å²) in [5.41, 5.74) is 1.74. The predicted molar refractivity (Wildman–Crippen MR) is 93.1 cm³/mol. The molecule has 0 saturated heterocycles. The highest BCUT2D eigenvalue weighted by Crippen LogP contribution is 2.29. The van der Waals surface area contributed by atoms with E-state index in [4.69, 9.17) is 0 Å². The van der Waals surface area contributed by atoms with Crippen molar-refractivity contribution in [1.82, 2.24) is 29.8 Å². The molecule has 140 valence electrons. The van der Waals surface area contributed by atoms with Crippen molar-refractivity contribution in [3.63, 3.8) is 0 Å². The van der Waals surface area contributed by atoms with Crippen molar-refractivity contribution in [3.05, 3.63) is 48.0 Å². The highest BCUT2D eigenvalue weighted by atomic mass is 19.4. The van der Waals surface area contributed by atoms with Gasteiger partial charge in [0.25, 0.3) is 5.82 Å². The minimum atomic E-state index is -4.64. The highest BCUT2D eigenvalue weighted by Gasteiger charge is 2.37. The summed E-state index contributed by atoms with van der Waals surface area (Å²) >= 11 is 0. The molecular weight excluding hydrogens is 359 g/mol. The van der Waals surface area contributed by atoms with E-state index < -0.39 is 12.0 Å². The minimum absolute atomic E-state index is 0.0257. The van der Waals surface area contributed by atoms with Gasteiger partial charge < -0.3 is 10.3 Å². The average Bonchev–Trinajstić information content (AvgIpc) is 3.22. The molecule has 27 heavy (non-hydrogen) atoms. The Balaban J connectivity index is 1.71. The third kappa shape index (κ3) is 3.18. The lowest BCUT2D eigenvalue weighted by molar-refractivity contribution is -0.146. The highest BCUT2D eigenvalue weighted by molar-refractivity contribution is 5.74. The number of hydrogen-bond acceptors (Lipinski definition) is 5. The first-order valence-electron chi connectivity index (χ1n) is 8.34. The van der Waals surface area contributed by atoms with E-state index in [0.29, 0.717) is 10.3 Å². The fourth-order valence-corrected chi connectivity index (χ4v) is 2.87. The Kier molecular flexibility index (Phi) is 3.97. The first kappa shape index (κ1) is 17.3. The molecule has 7 nitrogen and oxygen atoms in total. The lowest BCUT2D eigenvalue weighted by Gasteiger charge is -2.21. The molecule has 4 aromatic rings. The van der Waals surface area contributed by atoms with Crippen LogP contribution in [0.5, 0.6) is 0 Å². The molecule has 0 radical (unpaired) electrons. The van der Waals surface area contributed by atoms with Crippen LogP contribution in [-0.2, 0) is 6.18 Å². The Morgan fingerprint density at radius 2 is 1.85 bits per heavy atom. The summed E-state index contributed by atoms with van der Waals surface area (Å²) < 4.78 is 39.9. The number of nitrogens with zero attached hydrogens (tertiary/aromatic N) is 5. The van der Waals surface area contributed by atoms with Crippen LogP contribution in [0.2, 0.25) is 0 Å². The molecule has 3 aromatic heterocycles. The van der Waals surface area contributed by atoms with Crippen molar-refractivity contribution >= 4 is 22.5 Å². The van der Waals surface area contributed by atoms with Crippen LogP contribution in [0.1, 0.15) is 31.5 Å². The van der Waals surface area contributed by atoms with E-state index in [1.165, 1.54) is 6.07 Å². The smallest absolute Gasteiger partial charge is 0.358 e. The van der Waals surface area contributed by atoms with E-state index in [-0.39, 0.29) is 23.4 Å². The second-order valence-corrected chi connectivity index (χ2v) is 6.52. The number of aromatic amines is 1. The lowest BCUT2D eigenvalue weighted by atomic mass is 10.0. The zero-order valence-electron chi connectivity index (χ0n) is 14.5. The molecule has 1 aromatic carbocycles. The number of H-pyrrole nitrogens is 1. The molecule has 0 spiro atoms. The van der Waals surface area contributed by atoms with Crippen LogP contribution in [-0.4, -0.2) is 29.8 Å². The van der Waals surface area contributed by atoms with E-state index in [0.717, 1.165) is 11.0 Å². The third-order valence-corrected chi connectivity index (χ3v) is 4.19. The zero-order chi connectivity index (χ0) is 19.2. The number of benzene rings is 1. The van der Waals surface area contributed by atoms with Gasteiger partial charge in [-0.2, -0.15) is 17.7 Å². The summed E-state index contributed by atoms with van der Waals surface area (Å²) in [6.07, 6.45) is -4.64. The molecule has 2 N–H and O–H groups in total. The SMILES string of the molecule is CC(C)C(Nc1ccc2nnc(C(F)(F)F)n2n1)c1nc2ccccc2[nH]1. The normalized spacial score (nSPS) is 13.6. The largest absolute Gasteiger partial charge is 0.453 e. The zero-order valence-corrected chi connectivity index (χ0v) is 14.5. The maximum Gasteiger partial charge on any atom is 0.453 e. The van der Waals surface area contributed by atoms with E-state index in [2.05, 4.69) is 30.6 Å². The lowest BCUT2D eigenvalue weighted by Crippen LogP contribution is -2.20. The van der Waals surface area contributed by atoms with Gasteiger partial charge in [-0.1, -0.05) is 26.0 Å². The minimum Gasteiger partial charge on any atom is -0.358 e. The fourth-order valence-electron chi connectivity index (χ4n) is 2.87. The Bertz CT molecular complexity index is 1060. The van der Waals surface area contributed by atoms with Crippen molar-refractivity contribution in [2.24, 2.45) is 5.92 Å². The van der Waals surface area contributed by atoms with E-state index in [1.54, 1.807) is 6.07 Å². The first-order chi connectivity index (χ1) is 12.8. The van der Waals surface area contributed by atoms with Crippen molar-refractivity contribution in [3.8, 4) is 0 Å². The topological polar surface area (TPSA) is 83.8 Å². The molecule has 0 aliphatic carbocycles. The van der Waals surface area contributed by atoms with Gasteiger partial charge in [-0.3, -0.25) is 0 Å². The maximum atomic E-state index is 13.1. The van der Waals surface area contributed by atoms with Crippen LogP contribution in [0.15, 0.2) is 36.4 Å². The van der Waals surface area contributed by atoms with Gasteiger partial charge >= 0.3 is 6.18 Å². The molecule has 1 unspecified atom stereocenters. The molecule has 3 heterocycles. The van der Waals surface area contributed by atoms with Gasteiger partial charge in [0.15, 0.2) is 5.65 Å². The fraction of sp³-hybridized carbons (Fsp3) is 0.294. The van der Waals surface area contributed by atoms with Gasteiger partial charge in [0.05, 0.1) is 17.1 Å². The summed E-state index contributed by atoms with van der Waals surface area (Å²) in [4.78, 5) is 7.83. The third-order valence-electron chi connectivity index (χ3n) is 4.19. The molecule has 0 fully saturated rings. The summed E-state index contributed by atoms with van der Waals surface area (Å²) in [6, 6.07) is 10.3. The number of para-hydroxylation sites is 2. The Hall–Kier alpha value is -3.17. The second kappa shape index (κ2) is 6.22. The van der Waals surface area contributed by atoms with Crippen molar-refractivity contribution in [1.29, 1.82) is 0 Å². The molecule has 0 saturated carbocycles. The predicted octanol–water partition coefficient (Wildman–Crippen LogP) is 3.83. The molecule has 0 amide bonds. The summed E-state index contributed by atoms with van der Waals surface area (Å²) in [6.45, 7) is 3.98. The van der Waals surface area contributed by atoms with Crippen molar-refractivity contribution in [2.75, 3.05) is 5.32 Å². The number of aromatic nitrogens is 6. The molecular formula is C17H16F3N7. The number of alkyl halides is 3. The number of halogens is 3. The molecule has 0 aliphatic rings. The number of anilines is 1. The first-order valence-corrected chi connectivity index (χ1v) is 8.34. The van der Waals surface area contributed by atoms with Gasteiger partial charge in [0.2, 0.25) is 0 Å². The number of fused-ring (bicyclic) bond motifs is 2. The summed E-state index contributed by atoms with van der Waals surface area (Å²) in [5, 5.41) is 13.9. The molecule has 10 heteroatoms. The second-order valence-electron chi connectivity index (χ2n) is 6.52. The Labute approximate surface area is 151 Å². The van der Waals surface area contributed by atoms with E-state index >= 15 is 0 Å². The standard InChI is InChI=1S/C17H16F3N7/c1-9(2)14(15-21-10-5-3-4-6-11(10)22-15)23-12-7-8-13-24-25-16(17(18,19)20)27(13)26-12/h3-9,14H,1-2H3,(H,21,22)(H,23,26). The molecule has 4 rings (SSSR count). The number of hydrogen-bond donors (Lipinski definition) is 2. The van der Waals surface area contributed by atoms with Gasteiger partial charge in [-0.05, 0) is 30.2 Å². The summed E-state index contributed by atoms with van der Waals surface area (Å²) in [5.74, 6) is -0.100. The van der Waals surface area contributed by atoms with Crippen LogP contribution >= 0.6 is 0 Å². The van der Waals surface area contributed by atoms with Gasteiger partial charge in [0, 0.05) is 0 Å². The number of nitrogens with one attached hydrogen (secondary N) is 2. The van der Waals surface area contributed by atoms with Crippen molar-refractivity contribution in [2.45, 2.75) is 26.1 Å². The van der Waals surface area contributed by atoms with E-state index in [9.17, 15) is 13.2 Å². The Morgan fingerprint density at radius 3 is 2.56 bits per heavy atom. The Morgan fingerprint density at radius 1 is 1.07 bits per heavy atom. The van der Waals surface area contributed by atoms with Crippen LogP contribution < -0.4 is 5.32 Å². The molecule has 1 atom stereocenters. The average molecular weight is 375 g/mol. The number of rotatable bonds is 4. The van der Waals surface area contributed by atoms with Crippen LogP contribution in [0, 0.1) is 5.92 Å². The molecule has 0 aliphatic heterocycles. The van der Waals surface area contributed by atoms with Crippen LogP contribution in [0.25, 0.3) is 16.7 Å². The van der Waals surface area contributed by atoms with Gasteiger partial charge in [-0.25, -0.2) is 4.98 Å². The van der Waals surface area contributed by atoms with Crippen LogP contribution in [0.3, 0.4) is 0 Å². The molecule has 0 bridgehead atoms. The van der Waals surface area contributed by atoms with Crippen molar-refractivity contribution < 1.29 is 13.2 Å². The summed E-state index contributed by atoms with van der Waals surface area (Å²) in [7, 11) is 0.